The summed E-state index contributed by atoms with van der Waals surface area (Å²) < 4.78 is 46.6. The van der Waals surface area contributed by atoms with Crippen LogP contribution in [-0.2, 0) is 4.74 Å². The normalized spacial score (nSPS) is 33.8. The highest BCUT2D eigenvalue weighted by molar-refractivity contribution is 8.00. The number of nitrogens with one attached hydrogen (secondary N) is 2. The summed E-state index contributed by atoms with van der Waals surface area (Å²) in [5, 5.41) is 25.0. The number of alkyl halides is 3. The predicted octanol–water partition coefficient (Wildman–Crippen LogP) is 2.89. The molecule has 0 spiro atoms. The van der Waals surface area contributed by atoms with E-state index >= 15 is 0 Å². The number of aliphatic hydroxyl groups is 2. The third-order valence-corrected chi connectivity index (χ3v) is 10.1. The monoisotopic (exact) mass is 540 g/mol. The van der Waals surface area contributed by atoms with E-state index in [2.05, 4.69) is 10.6 Å². The minimum atomic E-state index is -4.25. The lowest BCUT2D eigenvalue weighted by Crippen LogP contribution is -2.52. The molecule has 0 bridgehead atoms. The zero-order valence-electron chi connectivity index (χ0n) is 21.5. The molecule has 0 aromatic rings. The topological polar surface area (TPSA) is 126 Å². The zero-order valence-corrected chi connectivity index (χ0v) is 22.3. The second kappa shape index (κ2) is 14.3. The van der Waals surface area contributed by atoms with Crippen molar-refractivity contribution in [1.29, 1.82) is 0 Å². The van der Waals surface area contributed by atoms with Crippen molar-refractivity contribution < 1.29 is 28.1 Å². The Balaban J connectivity index is 1.41. The number of aliphatic hydroxyl groups excluding tert-OH is 2. The minimum absolute atomic E-state index is 0.102. The molecule has 3 fully saturated rings. The number of rotatable bonds is 12. The van der Waals surface area contributed by atoms with Crippen LogP contribution >= 0.6 is 11.8 Å². The Bertz CT molecular complexity index is 636. The summed E-state index contributed by atoms with van der Waals surface area (Å²) in [5.41, 5.74) is 12.3. The molecule has 0 amide bonds. The molecule has 11 heteroatoms. The second-order valence-electron chi connectivity index (χ2n) is 11.0. The molecule has 7 unspecified atom stereocenters. The fourth-order valence-corrected chi connectivity index (χ4v) is 7.93. The van der Waals surface area contributed by atoms with E-state index in [4.69, 9.17) is 16.2 Å². The Morgan fingerprint density at radius 2 is 1.69 bits per heavy atom. The molecular weight excluding hydrogens is 493 g/mol. The molecule has 3 aliphatic rings. The van der Waals surface area contributed by atoms with Crippen LogP contribution in [0.25, 0.3) is 0 Å². The molecule has 0 radical (unpaired) electrons. The van der Waals surface area contributed by atoms with Gasteiger partial charge in [0.2, 0.25) is 0 Å². The van der Waals surface area contributed by atoms with Gasteiger partial charge in [-0.15, -0.1) is 11.8 Å². The van der Waals surface area contributed by atoms with E-state index in [1.165, 1.54) is 0 Å². The first-order valence-electron chi connectivity index (χ1n) is 13.8. The third-order valence-electron chi connectivity index (χ3n) is 8.42. The summed E-state index contributed by atoms with van der Waals surface area (Å²) in [6, 6.07) is -0.483. The maximum atomic E-state index is 13.8. The van der Waals surface area contributed by atoms with E-state index in [-0.39, 0.29) is 11.8 Å². The Morgan fingerprint density at radius 3 is 2.31 bits per heavy atom. The molecule has 8 N–H and O–H groups in total. The van der Waals surface area contributed by atoms with Gasteiger partial charge in [0, 0.05) is 18.4 Å². The van der Waals surface area contributed by atoms with E-state index in [0.29, 0.717) is 25.5 Å². The highest BCUT2D eigenvalue weighted by Crippen LogP contribution is 2.52. The molecule has 1 aliphatic heterocycles. The fourth-order valence-electron chi connectivity index (χ4n) is 6.30. The predicted molar refractivity (Wildman–Crippen MR) is 137 cm³/mol. The second-order valence-corrected chi connectivity index (χ2v) is 12.4. The van der Waals surface area contributed by atoms with Gasteiger partial charge < -0.3 is 31.7 Å². The van der Waals surface area contributed by atoms with Gasteiger partial charge >= 0.3 is 6.18 Å². The summed E-state index contributed by atoms with van der Waals surface area (Å²) in [6.45, 7) is 3.48. The Hall–Kier alpha value is -0.140. The molecule has 7 nitrogen and oxygen atoms in total. The van der Waals surface area contributed by atoms with Crippen LogP contribution in [0.3, 0.4) is 0 Å². The highest BCUT2D eigenvalue weighted by atomic mass is 32.2. The molecule has 212 valence electrons. The van der Waals surface area contributed by atoms with E-state index in [1.54, 1.807) is 6.92 Å². The molecule has 36 heavy (non-hydrogen) atoms. The van der Waals surface area contributed by atoms with E-state index in [1.807, 2.05) is 0 Å². The van der Waals surface area contributed by atoms with Crippen LogP contribution in [0.4, 0.5) is 13.2 Å². The van der Waals surface area contributed by atoms with Gasteiger partial charge in [0.1, 0.15) is 11.5 Å². The van der Waals surface area contributed by atoms with Crippen molar-refractivity contribution >= 4 is 11.8 Å². The van der Waals surface area contributed by atoms with Crippen LogP contribution in [-0.4, -0.2) is 71.3 Å². The largest absolute Gasteiger partial charge is 0.400 e. The van der Waals surface area contributed by atoms with Gasteiger partial charge in [0.15, 0.2) is 6.29 Å². The average Bonchev–Trinajstić information content (AvgIpc) is 3.32. The number of thioether (sulfide) groups is 1. The molecule has 3 rings (SSSR count). The lowest BCUT2D eigenvalue weighted by Gasteiger charge is -2.34. The van der Waals surface area contributed by atoms with Crippen molar-refractivity contribution in [3.05, 3.63) is 0 Å². The molecule has 1 heterocycles. The number of nitrogens with two attached hydrogens (primary N) is 2. The van der Waals surface area contributed by atoms with Crippen molar-refractivity contribution in [3.63, 3.8) is 0 Å². The van der Waals surface area contributed by atoms with Gasteiger partial charge in [-0.1, -0.05) is 32.1 Å². The minimum Gasteiger partial charge on any atom is -0.377 e. The van der Waals surface area contributed by atoms with Crippen molar-refractivity contribution in [2.24, 2.45) is 35.1 Å². The van der Waals surface area contributed by atoms with Crippen molar-refractivity contribution in [3.8, 4) is 0 Å². The van der Waals surface area contributed by atoms with Crippen molar-refractivity contribution in [2.75, 3.05) is 19.7 Å². The summed E-state index contributed by atoms with van der Waals surface area (Å²) in [5.74, 6) is 0.337. The summed E-state index contributed by atoms with van der Waals surface area (Å²) in [4.78, 5) is 0. The molecule has 0 aromatic carbocycles. The van der Waals surface area contributed by atoms with Crippen LogP contribution in [0.1, 0.15) is 71.1 Å². The van der Waals surface area contributed by atoms with E-state index in [0.717, 1.165) is 76.1 Å². The first-order chi connectivity index (χ1) is 17.1. The lowest BCUT2D eigenvalue weighted by atomic mass is 9.76. The molecule has 2 saturated carbocycles. The SMILES string of the molecule is CCOC(O)C(N)CNCC1CCC(C(N)NC(O)C2CC(C3CCCCC3)C(C(F)(F)F)S2)CC1. The summed E-state index contributed by atoms with van der Waals surface area (Å²) in [7, 11) is 0. The number of ether oxygens (including phenoxy) is 1. The molecule has 0 aromatic heterocycles. The third kappa shape index (κ3) is 8.69. The van der Waals surface area contributed by atoms with Crippen LogP contribution in [0.15, 0.2) is 0 Å². The van der Waals surface area contributed by atoms with Gasteiger partial charge in [-0.3, -0.25) is 5.32 Å². The number of halogens is 3. The van der Waals surface area contributed by atoms with Crippen molar-refractivity contribution in [2.45, 2.75) is 113 Å². The van der Waals surface area contributed by atoms with Crippen LogP contribution in [0, 0.1) is 23.7 Å². The number of hydrogen-bond donors (Lipinski definition) is 6. The van der Waals surface area contributed by atoms with Crippen LogP contribution in [0.5, 0.6) is 0 Å². The molecule has 7 atom stereocenters. The van der Waals surface area contributed by atoms with Crippen LogP contribution < -0.4 is 22.1 Å². The Kier molecular flexibility index (Phi) is 12.1. The molecule has 1 saturated heterocycles. The van der Waals surface area contributed by atoms with Gasteiger partial charge in [-0.2, -0.15) is 13.2 Å². The van der Waals surface area contributed by atoms with E-state index < -0.39 is 47.3 Å². The lowest BCUT2D eigenvalue weighted by molar-refractivity contribution is -0.141. The molecular formula is C25H47F3N4O3S. The zero-order chi connectivity index (χ0) is 26.3. The maximum absolute atomic E-state index is 13.8. The smallest absolute Gasteiger partial charge is 0.377 e. The maximum Gasteiger partial charge on any atom is 0.400 e. The first-order valence-corrected chi connectivity index (χ1v) is 14.7. The summed E-state index contributed by atoms with van der Waals surface area (Å²) in [6.07, 6.45) is 2.28. The fraction of sp³-hybridized carbons (Fsp3) is 1.00. The Morgan fingerprint density at radius 1 is 1.03 bits per heavy atom. The Labute approximate surface area is 218 Å². The average molecular weight is 541 g/mol. The van der Waals surface area contributed by atoms with Crippen LogP contribution in [0.2, 0.25) is 0 Å². The van der Waals surface area contributed by atoms with Gasteiger partial charge in [0.05, 0.1) is 12.2 Å². The highest BCUT2D eigenvalue weighted by Gasteiger charge is 2.54. The number of hydrogen-bond acceptors (Lipinski definition) is 8. The van der Waals surface area contributed by atoms with E-state index in [9.17, 15) is 23.4 Å². The van der Waals surface area contributed by atoms with Gasteiger partial charge in [0.25, 0.3) is 0 Å². The quantitative estimate of drug-likeness (QED) is 0.209. The standard InChI is InChI=1S/C25H47F3N4O3S/c1-2-35-24(34)19(29)14-31-13-15-8-10-17(11-9-15)22(30)32-23(33)20-12-18(16-6-4-3-5-7-16)21(36-20)25(26,27)28/h15-24,31-34H,2-14,29-30H2,1H3. The van der Waals surface area contributed by atoms with Gasteiger partial charge in [-0.05, 0) is 69.2 Å². The first kappa shape index (κ1) is 30.4. The van der Waals surface area contributed by atoms with Gasteiger partial charge in [-0.25, -0.2) is 0 Å². The summed E-state index contributed by atoms with van der Waals surface area (Å²) >= 11 is 0.894. The van der Waals surface area contributed by atoms with Crippen molar-refractivity contribution in [1.82, 2.24) is 10.6 Å². The molecule has 2 aliphatic carbocycles.